The molecular weight excluding hydrogens is 351 g/mol. The number of hydrogen-bond donors (Lipinski definition) is 1. The van der Waals surface area contributed by atoms with Crippen LogP contribution in [0.2, 0.25) is 0 Å². The molecule has 0 saturated carbocycles. The molecule has 1 aromatic heterocycles. The van der Waals surface area contributed by atoms with Crippen LogP contribution in [0.1, 0.15) is 27.2 Å². The van der Waals surface area contributed by atoms with E-state index in [0.29, 0.717) is 42.9 Å². The number of rotatable bonds is 2. The molecule has 1 spiro atoms. The lowest BCUT2D eigenvalue weighted by Gasteiger charge is -2.31. The minimum absolute atomic E-state index is 0.0250. The molecular formula is C14H14F3NO5S. The number of ether oxygens (including phenoxy) is 3. The van der Waals surface area contributed by atoms with Gasteiger partial charge in [0.1, 0.15) is 5.00 Å². The number of methoxy groups -OCH3 is 1. The van der Waals surface area contributed by atoms with Crippen LogP contribution < -0.4 is 5.32 Å². The Morgan fingerprint density at radius 1 is 1.29 bits per heavy atom. The number of halogens is 3. The molecule has 0 radical (unpaired) electrons. The summed E-state index contributed by atoms with van der Waals surface area (Å²) in [6.07, 6.45) is -3.86. The fourth-order valence-electron chi connectivity index (χ4n) is 2.89. The van der Waals surface area contributed by atoms with Crippen molar-refractivity contribution in [1.82, 2.24) is 0 Å². The van der Waals surface area contributed by atoms with Gasteiger partial charge >= 0.3 is 18.1 Å². The van der Waals surface area contributed by atoms with Crippen LogP contribution in [0, 0.1) is 0 Å². The molecule has 1 aliphatic heterocycles. The van der Waals surface area contributed by atoms with E-state index in [2.05, 4.69) is 4.74 Å². The first kappa shape index (κ1) is 17.2. The first-order chi connectivity index (χ1) is 11.3. The van der Waals surface area contributed by atoms with Crippen LogP contribution in [0.15, 0.2) is 0 Å². The van der Waals surface area contributed by atoms with Crippen LogP contribution in [0.4, 0.5) is 18.2 Å². The van der Waals surface area contributed by atoms with E-state index in [-0.39, 0.29) is 10.6 Å². The molecule has 1 aliphatic carbocycles. The van der Waals surface area contributed by atoms with E-state index in [0.717, 1.165) is 18.4 Å². The van der Waals surface area contributed by atoms with E-state index in [1.807, 2.05) is 0 Å². The molecule has 0 atom stereocenters. The SMILES string of the molecule is COC(=O)c1c(NC(=O)C(F)(F)F)sc2c1CCC1(C2)OCCO1. The lowest BCUT2D eigenvalue weighted by molar-refractivity contribution is -0.167. The maximum absolute atomic E-state index is 12.5. The molecule has 0 bridgehead atoms. The number of carbonyl (C=O) groups is 2. The highest BCUT2D eigenvalue weighted by Gasteiger charge is 2.44. The first-order valence-corrected chi connectivity index (χ1v) is 7.96. The van der Waals surface area contributed by atoms with E-state index in [1.54, 1.807) is 5.32 Å². The van der Waals surface area contributed by atoms with Gasteiger partial charge in [0, 0.05) is 17.7 Å². The van der Waals surface area contributed by atoms with Crippen molar-refractivity contribution < 1.29 is 37.0 Å². The highest BCUT2D eigenvalue weighted by molar-refractivity contribution is 7.17. The predicted molar refractivity (Wildman–Crippen MR) is 77.0 cm³/mol. The highest BCUT2D eigenvalue weighted by Crippen LogP contribution is 2.44. The number of esters is 1. The van der Waals surface area contributed by atoms with Gasteiger partial charge in [-0.05, 0) is 12.0 Å². The second-order valence-corrected chi connectivity index (χ2v) is 6.54. The van der Waals surface area contributed by atoms with Crippen LogP contribution in [0.25, 0.3) is 0 Å². The van der Waals surface area contributed by atoms with Gasteiger partial charge in [-0.15, -0.1) is 11.3 Å². The van der Waals surface area contributed by atoms with Gasteiger partial charge in [0.2, 0.25) is 0 Å². The molecule has 1 amide bonds. The van der Waals surface area contributed by atoms with E-state index < -0.39 is 23.8 Å². The third-order valence-electron chi connectivity index (χ3n) is 3.96. The van der Waals surface area contributed by atoms with E-state index >= 15 is 0 Å². The van der Waals surface area contributed by atoms with Crippen LogP contribution in [0.5, 0.6) is 0 Å². The molecule has 24 heavy (non-hydrogen) atoms. The number of fused-ring (bicyclic) bond motifs is 1. The van der Waals surface area contributed by atoms with Crippen molar-refractivity contribution in [2.24, 2.45) is 0 Å². The molecule has 0 aromatic carbocycles. The number of alkyl halides is 3. The molecule has 132 valence electrons. The Balaban J connectivity index is 1.96. The fourth-order valence-corrected chi connectivity index (χ4v) is 4.21. The predicted octanol–water partition coefficient (Wildman–Crippen LogP) is 2.27. The fraction of sp³-hybridized carbons (Fsp3) is 0.571. The average molecular weight is 365 g/mol. The molecule has 3 rings (SSSR count). The van der Waals surface area contributed by atoms with Crippen molar-refractivity contribution in [3.8, 4) is 0 Å². The second-order valence-electron chi connectivity index (χ2n) is 5.44. The minimum Gasteiger partial charge on any atom is -0.465 e. The van der Waals surface area contributed by atoms with Gasteiger partial charge in [-0.2, -0.15) is 13.2 Å². The smallest absolute Gasteiger partial charge is 0.465 e. The Hall–Kier alpha value is -1.65. The van der Waals surface area contributed by atoms with Crippen LogP contribution in [0.3, 0.4) is 0 Å². The minimum atomic E-state index is -5.04. The lowest BCUT2D eigenvalue weighted by Crippen LogP contribution is -2.36. The molecule has 0 unspecified atom stereocenters. The Morgan fingerprint density at radius 2 is 1.96 bits per heavy atom. The van der Waals surface area contributed by atoms with Crippen molar-refractivity contribution >= 4 is 28.2 Å². The molecule has 6 nitrogen and oxygen atoms in total. The lowest BCUT2D eigenvalue weighted by atomic mass is 9.91. The zero-order chi connectivity index (χ0) is 17.5. The van der Waals surface area contributed by atoms with Gasteiger partial charge in [-0.1, -0.05) is 0 Å². The quantitative estimate of drug-likeness (QED) is 0.814. The summed E-state index contributed by atoms with van der Waals surface area (Å²) >= 11 is 0.918. The van der Waals surface area contributed by atoms with Gasteiger partial charge < -0.3 is 19.5 Å². The topological polar surface area (TPSA) is 73.9 Å². The number of nitrogens with one attached hydrogen (secondary N) is 1. The second kappa shape index (κ2) is 6.01. The summed E-state index contributed by atoms with van der Waals surface area (Å²) in [5.74, 6) is -3.71. The summed E-state index contributed by atoms with van der Waals surface area (Å²) in [7, 11) is 1.13. The van der Waals surface area contributed by atoms with Crippen LogP contribution in [-0.4, -0.2) is 44.2 Å². The molecule has 1 fully saturated rings. The summed E-state index contributed by atoms with van der Waals surface area (Å²) in [5.41, 5.74) is 0.553. The Labute approximate surface area is 138 Å². The number of thiophene rings is 1. The standard InChI is InChI=1S/C14H14F3NO5S/c1-21-11(19)9-7-2-3-13(22-4-5-23-13)6-8(7)24-10(9)18-12(20)14(15,16)17/h2-6H2,1H3,(H,18,20). The molecule has 1 aromatic rings. The van der Waals surface area contributed by atoms with Crippen molar-refractivity contribution in [3.63, 3.8) is 0 Å². The Morgan fingerprint density at radius 3 is 2.54 bits per heavy atom. The van der Waals surface area contributed by atoms with E-state index in [1.165, 1.54) is 0 Å². The summed E-state index contributed by atoms with van der Waals surface area (Å²) in [6, 6.07) is 0. The van der Waals surface area contributed by atoms with Gasteiger partial charge in [-0.25, -0.2) is 4.79 Å². The van der Waals surface area contributed by atoms with Gasteiger partial charge in [0.05, 0.1) is 25.9 Å². The van der Waals surface area contributed by atoms with Gasteiger partial charge in [-0.3, -0.25) is 4.79 Å². The summed E-state index contributed by atoms with van der Waals surface area (Å²) < 4.78 is 53.4. The zero-order valence-corrected chi connectivity index (χ0v) is 13.4. The average Bonchev–Trinajstić information content (AvgIpc) is 3.10. The summed E-state index contributed by atoms with van der Waals surface area (Å²) in [5, 5.41) is 1.61. The van der Waals surface area contributed by atoms with E-state index in [4.69, 9.17) is 9.47 Å². The first-order valence-electron chi connectivity index (χ1n) is 7.15. The largest absolute Gasteiger partial charge is 0.471 e. The van der Waals surface area contributed by atoms with Crippen molar-refractivity contribution in [3.05, 3.63) is 16.0 Å². The van der Waals surface area contributed by atoms with Crippen molar-refractivity contribution in [2.45, 2.75) is 31.2 Å². The van der Waals surface area contributed by atoms with Crippen LogP contribution in [-0.2, 0) is 31.8 Å². The monoisotopic (exact) mass is 365 g/mol. The Kier molecular flexibility index (Phi) is 4.30. The normalized spacial score (nSPS) is 19.2. The number of carbonyl (C=O) groups excluding carboxylic acids is 2. The van der Waals surface area contributed by atoms with Gasteiger partial charge in [0.15, 0.2) is 5.79 Å². The third kappa shape index (κ3) is 3.01. The zero-order valence-electron chi connectivity index (χ0n) is 12.6. The molecule has 1 saturated heterocycles. The maximum atomic E-state index is 12.5. The molecule has 2 heterocycles. The Bertz CT molecular complexity index is 679. The number of amides is 1. The summed E-state index contributed by atoms with van der Waals surface area (Å²) in [6.45, 7) is 0.893. The highest BCUT2D eigenvalue weighted by atomic mass is 32.1. The molecule has 2 aliphatic rings. The number of anilines is 1. The third-order valence-corrected chi connectivity index (χ3v) is 5.11. The van der Waals surface area contributed by atoms with Crippen molar-refractivity contribution in [1.29, 1.82) is 0 Å². The summed E-state index contributed by atoms with van der Waals surface area (Å²) in [4.78, 5) is 23.9. The van der Waals surface area contributed by atoms with E-state index in [9.17, 15) is 22.8 Å². The number of hydrogen-bond acceptors (Lipinski definition) is 6. The maximum Gasteiger partial charge on any atom is 0.471 e. The molecule has 1 N–H and O–H groups in total. The molecule has 10 heteroatoms. The van der Waals surface area contributed by atoms with Crippen molar-refractivity contribution in [2.75, 3.05) is 25.6 Å². The van der Waals surface area contributed by atoms with Crippen LogP contribution >= 0.6 is 11.3 Å². The van der Waals surface area contributed by atoms with Gasteiger partial charge in [0.25, 0.3) is 0 Å².